The predicted molar refractivity (Wildman–Crippen MR) is 139 cm³/mol. The van der Waals surface area contributed by atoms with Gasteiger partial charge in [0.1, 0.15) is 0 Å². The van der Waals surface area contributed by atoms with E-state index in [4.69, 9.17) is 5.11 Å². The third-order valence-corrected chi connectivity index (χ3v) is 7.48. The first-order valence-corrected chi connectivity index (χ1v) is 12.7. The van der Waals surface area contributed by atoms with E-state index in [2.05, 4.69) is 80.8 Å². The molecule has 4 rings (SSSR count). The van der Waals surface area contributed by atoms with Crippen LogP contribution in [0.1, 0.15) is 61.3 Å². The Balaban J connectivity index is 0.000000321. The van der Waals surface area contributed by atoms with Crippen molar-refractivity contribution in [2.45, 2.75) is 66.7 Å². The van der Waals surface area contributed by atoms with Gasteiger partial charge in [0.05, 0.1) is 0 Å². The van der Waals surface area contributed by atoms with Crippen LogP contribution in [0.2, 0.25) is 0 Å². The molecule has 1 N–H and O–H groups in total. The number of hydrogen-bond donors (Lipinski definition) is 1. The van der Waals surface area contributed by atoms with E-state index in [0.717, 1.165) is 31.8 Å². The molecule has 2 heterocycles. The minimum Gasteiger partial charge on any atom is -0.396 e. The summed E-state index contributed by atoms with van der Waals surface area (Å²) < 4.78 is 0. The Morgan fingerprint density at radius 2 is 1.06 bits per heavy atom. The minimum atomic E-state index is 0. The van der Waals surface area contributed by atoms with Crippen LogP contribution in [0.3, 0.4) is 0 Å². The molecule has 3 nitrogen and oxygen atoms in total. The van der Waals surface area contributed by atoms with Crippen LogP contribution in [0.5, 0.6) is 0 Å². The summed E-state index contributed by atoms with van der Waals surface area (Å²) in [6.45, 7) is 16.0. The van der Waals surface area contributed by atoms with Gasteiger partial charge in [-0.2, -0.15) is 0 Å². The molecule has 2 aliphatic heterocycles. The van der Waals surface area contributed by atoms with E-state index >= 15 is 0 Å². The largest absolute Gasteiger partial charge is 0.396 e. The maximum atomic E-state index is 9.13. The number of nitrogens with zero attached hydrogens (tertiary/aromatic N) is 2. The van der Waals surface area contributed by atoms with E-state index in [1.807, 2.05) is 0 Å². The standard InChI is InChI=1S/C15H23N.C14H21NO.2Ar/c1-4-14-7-9-16(10-8-14)15-11-12(2)5-6-13(15)3;1-11-3-4-12(2)14(9-11)15-7-5-13(10-16)6-8-15;;/h5-6,11,14H,4,7-10H2,1-3H3;3-4,9,13,16H,5-8,10H2,1-2H3;;. The van der Waals surface area contributed by atoms with Crippen LogP contribution >= 0.6 is 0 Å². The molecule has 0 aliphatic carbocycles. The molecule has 0 amide bonds. The number of aliphatic hydroxyl groups is 1. The number of piperidine rings is 2. The van der Waals surface area contributed by atoms with Crippen LogP contribution in [0, 0.1) is 115 Å². The Labute approximate surface area is 268 Å². The maximum Gasteiger partial charge on any atom is 0.0460 e. The van der Waals surface area contributed by atoms with Crippen LogP contribution in [0.25, 0.3) is 0 Å². The summed E-state index contributed by atoms with van der Waals surface area (Å²) in [5.74, 6) is 1.47. The number of aryl methyl sites for hydroxylation is 4. The van der Waals surface area contributed by atoms with Crippen LogP contribution in [0.4, 0.5) is 11.4 Å². The molecule has 2 aromatic rings. The molecule has 5 heteroatoms. The van der Waals surface area contributed by atoms with Gasteiger partial charge >= 0.3 is 0 Å². The van der Waals surface area contributed by atoms with Gasteiger partial charge in [0.15, 0.2) is 0 Å². The van der Waals surface area contributed by atoms with Gasteiger partial charge in [0.25, 0.3) is 0 Å². The van der Waals surface area contributed by atoms with Crippen molar-refractivity contribution < 1.29 is 80.6 Å². The van der Waals surface area contributed by atoms with E-state index in [1.165, 1.54) is 66.0 Å². The monoisotopic (exact) mass is 516 g/mol. The second-order valence-corrected chi connectivity index (χ2v) is 10.0. The zero-order chi connectivity index (χ0) is 23.1. The van der Waals surface area contributed by atoms with Crippen LogP contribution in [-0.2, 0) is 0 Å². The SMILES string of the molecule is CCC1CCN(c2cc(C)ccc2C)CC1.Cc1ccc(C)c(N2CCC(CO)CC2)c1.[Ar].[Ar]. The van der Waals surface area contributed by atoms with Gasteiger partial charge in [0, 0.05) is 120 Å². The van der Waals surface area contributed by atoms with E-state index in [-0.39, 0.29) is 75.5 Å². The molecule has 0 saturated carbocycles. The molecular weight excluding hydrogens is 472 g/mol. The molecule has 0 unspecified atom stereocenters. The fourth-order valence-electron chi connectivity index (χ4n) is 5.06. The van der Waals surface area contributed by atoms with Gasteiger partial charge in [-0.05, 0) is 99.6 Å². The van der Waals surface area contributed by atoms with Crippen molar-refractivity contribution in [3.63, 3.8) is 0 Å². The summed E-state index contributed by atoms with van der Waals surface area (Å²) in [4.78, 5) is 5.02. The fraction of sp³-hybridized carbons (Fsp3) is 0.586. The second-order valence-electron chi connectivity index (χ2n) is 10.0. The Kier molecular flexibility index (Phi) is 15.7. The van der Waals surface area contributed by atoms with Gasteiger partial charge in [-0.3, -0.25) is 0 Å². The zero-order valence-corrected chi connectivity index (χ0v) is 23.2. The summed E-state index contributed by atoms with van der Waals surface area (Å²) >= 11 is 0. The Morgan fingerprint density at radius 1 is 0.676 bits per heavy atom. The van der Waals surface area contributed by atoms with Crippen molar-refractivity contribution in [2.75, 3.05) is 42.6 Å². The van der Waals surface area contributed by atoms with Crippen LogP contribution < -0.4 is 9.80 Å². The summed E-state index contributed by atoms with van der Waals surface area (Å²) in [5.41, 5.74) is 8.29. The fourth-order valence-corrected chi connectivity index (χ4v) is 5.06. The Bertz CT molecular complexity index is 786. The summed E-state index contributed by atoms with van der Waals surface area (Å²) in [6, 6.07) is 13.4. The first kappa shape index (κ1) is 32.5. The van der Waals surface area contributed by atoms with Crippen LogP contribution in [0.15, 0.2) is 36.4 Å². The molecule has 2 aliphatic rings. The summed E-state index contributed by atoms with van der Waals surface area (Å²) in [7, 11) is 0. The number of aliphatic hydroxyl groups excluding tert-OH is 1. The van der Waals surface area contributed by atoms with Gasteiger partial charge in [-0.25, -0.2) is 0 Å². The van der Waals surface area contributed by atoms with Crippen molar-refractivity contribution in [1.29, 1.82) is 0 Å². The molecule has 0 radical (unpaired) electrons. The summed E-state index contributed by atoms with van der Waals surface area (Å²) in [6.07, 6.45) is 6.31. The topological polar surface area (TPSA) is 26.7 Å². The van der Waals surface area contributed by atoms with Crippen molar-refractivity contribution in [3.05, 3.63) is 58.7 Å². The maximum absolute atomic E-state index is 9.13. The van der Waals surface area contributed by atoms with E-state index in [9.17, 15) is 0 Å². The smallest absolute Gasteiger partial charge is 0.0460 e. The van der Waals surface area contributed by atoms with Crippen LogP contribution in [-0.4, -0.2) is 37.9 Å². The number of hydrogen-bond acceptors (Lipinski definition) is 3. The molecule has 0 spiro atoms. The van der Waals surface area contributed by atoms with Crippen molar-refractivity contribution in [2.24, 2.45) is 11.8 Å². The molecule has 0 bridgehead atoms. The first-order chi connectivity index (χ1) is 15.4. The molecule has 2 saturated heterocycles. The van der Waals surface area contributed by atoms with Gasteiger partial charge < -0.3 is 14.9 Å². The van der Waals surface area contributed by atoms with Crippen molar-refractivity contribution in [1.82, 2.24) is 0 Å². The molecule has 2 aromatic carbocycles. The van der Waals surface area contributed by atoms with Crippen molar-refractivity contribution >= 4 is 11.4 Å². The van der Waals surface area contributed by atoms with Gasteiger partial charge in [-0.15, -0.1) is 0 Å². The minimum absolute atomic E-state index is 0. The second kappa shape index (κ2) is 16.4. The number of benzene rings is 2. The first-order valence-electron chi connectivity index (χ1n) is 12.7. The molecule has 192 valence electrons. The third kappa shape index (κ3) is 9.43. The number of rotatable bonds is 4. The van der Waals surface area contributed by atoms with Gasteiger partial charge in [-0.1, -0.05) is 37.6 Å². The van der Waals surface area contributed by atoms with Gasteiger partial charge in [0.2, 0.25) is 0 Å². The van der Waals surface area contributed by atoms with E-state index < -0.39 is 0 Å². The van der Waals surface area contributed by atoms with E-state index in [0.29, 0.717) is 12.5 Å². The number of anilines is 2. The Hall–Kier alpha value is 0.519. The molecule has 0 aromatic heterocycles. The average molecular weight is 517 g/mol. The van der Waals surface area contributed by atoms with Crippen molar-refractivity contribution in [3.8, 4) is 0 Å². The zero-order valence-electron chi connectivity index (χ0n) is 21.7. The molecule has 34 heavy (non-hydrogen) atoms. The predicted octanol–water partition coefficient (Wildman–Crippen LogP) is 6.44. The molecule has 0 atom stereocenters. The molecular formula is C29H44Ar2N2O. The third-order valence-electron chi connectivity index (χ3n) is 7.48. The quantitative estimate of drug-likeness (QED) is 0.507. The normalized spacial score (nSPS) is 16.8. The summed E-state index contributed by atoms with van der Waals surface area (Å²) in [5, 5.41) is 9.13. The average Bonchev–Trinajstić information content (AvgIpc) is 2.83. The molecule has 2 fully saturated rings. The Morgan fingerprint density at radius 3 is 1.41 bits per heavy atom. The van der Waals surface area contributed by atoms with E-state index in [1.54, 1.807) is 0 Å².